The predicted molar refractivity (Wildman–Crippen MR) is 131 cm³/mol. The van der Waals surface area contributed by atoms with Crippen LogP contribution in [-0.2, 0) is 27.5 Å². The number of hydrogen-bond donors (Lipinski definition) is 3. The summed E-state index contributed by atoms with van der Waals surface area (Å²) < 4.78 is 97.5. The van der Waals surface area contributed by atoms with Crippen molar-refractivity contribution in [3.05, 3.63) is 48.0 Å². The highest BCUT2D eigenvalue weighted by Crippen LogP contribution is 2.25. The van der Waals surface area contributed by atoms with Crippen molar-refractivity contribution >= 4 is 17.9 Å². The Labute approximate surface area is 243 Å². The molecule has 1 fully saturated rings. The number of pyridine rings is 1. The van der Waals surface area contributed by atoms with Gasteiger partial charge in [-0.1, -0.05) is 6.07 Å². The Balaban J connectivity index is 0.000000379. The lowest BCUT2D eigenvalue weighted by atomic mass is 10.1. The third kappa shape index (κ3) is 14.5. The zero-order valence-corrected chi connectivity index (χ0v) is 22.6. The molecule has 2 aromatic rings. The summed E-state index contributed by atoms with van der Waals surface area (Å²) in [6.45, 7) is 6.78. The van der Waals surface area contributed by atoms with E-state index in [1.807, 2.05) is 24.7 Å². The number of likely N-dealkylation sites (tertiary alicyclic amines) is 1. The summed E-state index contributed by atoms with van der Waals surface area (Å²) in [6.07, 6.45) is -5.56. The SMILES string of the molecule is O=C(O)C(F)(F)F.O=C(O)C(F)(F)F.O=C(O)C(F)(F)F.c1cncc(CN2Cc3ccnn3C(CCN3CCCC3)C2)c1. The molecule has 4 rings (SSSR count). The molecule has 0 aromatic carbocycles. The van der Waals surface area contributed by atoms with Crippen molar-refractivity contribution in [1.29, 1.82) is 0 Å². The molecular formula is C24H28F9N5O6. The number of carboxylic acid groups (broad SMARTS) is 3. The van der Waals surface area contributed by atoms with Crippen LogP contribution in [0.2, 0.25) is 0 Å². The number of rotatable bonds is 5. The third-order valence-corrected chi connectivity index (χ3v) is 5.79. The van der Waals surface area contributed by atoms with E-state index >= 15 is 0 Å². The maximum atomic E-state index is 10.6. The van der Waals surface area contributed by atoms with E-state index in [0.717, 1.165) is 19.6 Å². The molecule has 0 radical (unpaired) electrons. The minimum Gasteiger partial charge on any atom is -0.475 e. The number of hydrogen-bond acceptors (Lipinski definition) is 7. The minimum atomic E-state index is -5.08. The summed E-state index contributed by atoms with van der Waals surface area (Å²) >= 11 is 0. The van der Waals surface area contributed by atoms with Gasteiger partial charge in [-0.15, -0.1) is 0 Å². The van der Waals surface area contributed by atoms with Crippen molar-refractivity contribution in [2.75, 3.05) is 26.2 Å². The van der Waals surface area contributed by atoms with E-state index in [-0.39, 0.29) is 0 Å². The largest absolute Gasteiger partial charge is 0.490 e. The van der Waals surface area contributed by atoms with Crippen LogP contribution in [0.4, 0.5) is 39.5 Å². The monoisotopic (exact) mass is 653 g/mol. The molecule has 0 amide bonds. The summed E-state index contributed by atoms with van der Waals surface area (Å²) in [7, 11) is 0. The maximum Gasteiger partial charge on any atom is 0.490 e. The quantitative estimate of drug-likeness (QED) is 0.401. The van der Waals surface area contributed by atoms with Crippen molar-refractivity contribution in [2.45, 2.75) is 56.9 Å². The highest BCUT2D eigenvalue weighted by atomic mass is 19.4. The second-order valence-electron chi connectivity index (χ2n) is 9.20. The lowest BCUT2D eigenvalue weighted by Crippen LogP contribution is -2.38. The van der Waals surface area contributed by atoms with Crippen LogP contribution in [0.15, 0.2) is 36.8 Å². The number of carbonyl (C=O) groups is 3. The first-order valence-electron chi connectivity index (χ1n) is 12.5. The smallest absolute Gasteiger partial charge is 0.475 e. The van der Waals surface area contributed by atoms with Gasteiger partial charge in [0.25, 0.3) is 0 Å². The van der Waals surface area contributed by atoms with E-state index in [1.165, 1.54) is 50.2 Å². The van der Waals surface area contributed by atoms with Gasteiger partial charge in [0, 0.05) is 44.8 Å². The molecule has 0 saturated carbocycles. The van der Waals surface area contributed by atoms with Crippen LogP contribution in [0.5, 0.6) is 0 Å². The lowest BCUT2D eigenvalue weighted by Gasteiger charge is -2.34. The van der Waals surface area contributed by atoms with Gasteiger partial charge in [0.15, 0.2) is 0 Å². The fourth-order valence-corrected chi connectivity index (χ4v) is 3.89. The molecule has 0 spiro atoms. The van der Waals surface area contributed by atoms with Crippen molar-refractivity contribution in [1.82, 2.24) is 24.6 Å². The van der Waals surface area contributed by atoms with E-state index < -0.39 is 36.4 Å². The van der Waals surface area contributed by atoms with Gasteiger partial charge in [-0.05, 0) is 50.0 Å². The van der Waals surface area contributed by atoms with E-state index in [4.69, 9.17) is 29.7 Å². The maximum absolute atomic E-state index is 10.6. The molecular weight excluding hydrogens is 625 g/mol. The van der Waals surface area contributed by atoms with Gasteiger partial charge in [0.2, 0.25) is 0 Å². The first kappa shape index (κ1) is 38.1. The molecule has 4 heterocycles. The Kier molecular flexibility index (Phi) is 14.5. The summed E-state index contributed by atoms with van der Waals surface area (Å²) in [6, 6.07) is 6.84. The normalized spacial score (nSPS) is 17.1. The number of nitrogens with zero attached hydrogens (tertiary/aromatic N) is 5. The van der Waals surface area contributed by atoms with Gasteiger partial charge in [-0.2, -0.15) is 44.6 Å². The van der Waals surface area contributed by atoms with Gasteiger partial charge in [0.05, 0.1) is 11.7 Å². The molecule has 248 valence electrons. The van der Waals surface area contributed by atoms with E-state index in [0.29, 0.717) is 6.04 Å². The molecule has 2 aromatic heterocycles. The molecule has 11 nitrogen and oxygen atoms in total. The van der Waals surface area contributed by atoms with Crippen LogP contribution in [0.25, 0.3) is 0 Å². The average Bonchev–Trinajstić information content (AvgIpc) is 3.60. The van der Waals surface area contributed by atoms with Crippen molar-refractivity contribution in [3.63, 3.8) is 0 Å². The third-order valence-electron chi connectivity index (χ3n) is 5.79. The number of halogens is 9. The van der Waals surface area contributed by atoms with E-state index in [1.54, 1.807) is 0 Å². The zero-order chi connectivity index (χ0) is 33.7. The van der Waals surface area contributed by atoms with Gasteiger partial charge < -0.3 is 20.2 Å². The fraction of sp³-hybridized carbons (Fsp3) is 0.542. The van der Waals surface area contributed by atoms with Crippen LogP contribution >= 0.6 is 0 Å². The van der Waals surface area contributed by atoms with Crippen LogP contribution in [0, 0.1) is 0 Å². The molecule has 2 aliphatic heterocycles. The van der Waals surface area contributed by atoms with Crippen molar-refractivity contribution in [2.24, 2.45) is 0 Å². The van der Waals surface area contributed by atoms with Crippen molar-refractivity contribution < 1.29 is 69.2 Å². The van der Waals surface area contributed by atoms with Crippen LogP contribution < -0.4 is 0 Å². The Hall–Kier alpha value is -3.94. The number of fused-ring (bicyclic) bond motifs is 1. The van der Waals surface area contributed by atoms with Crippen molar-refractivity contribution in [3.8, 4) is 0 Å². The highest BCUT2D eigenvalue weighted by molar-refractivity contribution is 5.73. The molecule has 0 bridgehead atoms. The Morgan fingerprint density at radius 2 is 1.30 bits per heavy atom. The summed E-state index contributed by atoms with van der Waals surface area (Å²) in [5, 5.41) is 26.0. The molecule has 44 heavy (non-hydrogen) atoms. The second-order valence-corrected chi connectivity index (χ2v) is 9.20. The summed E-state index contributed by atoms with van der Waals surface area (Å²) in [5.41, 5.74) is 2.63. The molecule has 3 N–H and O–H groups in total. The number of alkyl halides is 9. The number of aromatic nitrogens is 3. The van der Waals surface area contributed by atoms with Gasteiger partial charge in [-0.3, -0.25) is 14.6 Å². The second kappa shape index (κ2) is 16.8. The first-order chi connectivity index (χ1) is 20.2. The predicted octanol–water partition coefficient (Wildman–Crippen LogP) is 4.22. The summed E-state index contributed by atoms with van der Waals surface area (Å²) in [4.78, 5) is 36.1. The minimum absolute atomic E-state index is 0.492. The molecule has 1 atom stereocenters. The Morgan fingerprint density at radius 1 is 0.795 bits per heavy atom. The van der Waals surface area contributed by atoms with Gasteiger partial charge in [-0.25, -0.2) is 14.4 Å². The highest BCUT2D eigenvalue weighted by Gasteiger charge is 2.39. The van der Waals surface area contributed by atoms with Crippen LogP contribution in [0.1, 0.15) is 36.6 Å². The van der Waals surface area contributed by atoms with E-state index in [9.17, 15) is 39.5 Å². The molecule has 2 aliphatic rings. The van der Waals surface area contributed by atoms with Gasteiger partial charge in [0.1, 0.15) is 0 Å². The molecule has 20 heteroatoms. The first-order valence-corrected chi connectivity index (χ1v) is 12.5. The van der Waals surface area contributed by atoms with Crippen LogP contribution in [-0.4, -0.2) is 102 Å². The molecule has 0 aliphatic carbocycles. The average molecular weight is 653 g/mol. The lowest BCUT2D eigenvalue weighted by molar-refractivity contribution is -0.193. The topological polar surface area (TPSA) is 149 Å². The van der Waals surface area contributed by atoms with E-state index in [2.05, 4.69) is 36.7 Å². The molecule has 1 saturated heterocycles. The zero-order valence-electron chi connectivity index (χ0n) is 22.6. The van der Waals surface area contributed by atoms with Crippen LogP contribution in [0.3, 0.4) is 0 Å². The molecule has 1 unspecified atom stereocenters. The number of carboxylic acids is 3. The Bertz CT molecular complexity index is 1130. The Morgan fingerprint density at radius 3 is 1.73 bits per heavy atom. The summed E-state index contributed by atoms with van der Waals surface area (Å²) in [5.74, 6) is -8.27. The standard InChI is InChI=1S/C18H25N5.3C2HF3O2/c1-2-10-21(9-1)11-6-18-15-22(13-16-4-3-7-19-12-16)14-17-5-8-20-23(17)18;3*3-2(4,5)1(6)7/h3-5,7-8,12,18H,1-2,6,9-11,13-15H2;3*(H,6,7). The fourth-order valence-electron chi connectivity index (χ4n) is 3.89. The number of aliphatic carboxylic acids is 3. The van der Waals surface area contributed by atoms with Gasteiger partial charge >= 0.3 is 36.4 Å².